The molecule has 0 radical (unpaired) electrons. The first-order chi connectivity index (χ1) is 13.3. The van der Waals surface area contributed by atoms with Crippen molar-refractivity contribution >= 4 is 11.8 Å². The van der Waals surface area contributed by atoms with Crippen LogP contribution in [-0.4, -0.2) is 42.4 Å². The van der Waals surface area contributed by atoms with E-state index in [4.69, 9.17) is 0 Å². The molecule has 2 aromatic rings. The maximum Gasteiger partial charge on any atom is 0.323 e. The zero-order valence-corrected chi connectivity index (χ0v) is 15.5. The van der Waals surface area contributed by atoms with Gasteiger partial charge in [-0.15, -0.1) is 15.3 Å². The number of urea groups is 1. The van der Waals surface area contributed by atoms with Gasteiger partial charge < -0.3 is 9.47 Å². The van der Waals surface area contributed by atoms with E-state index < -0.39 is 0 Å². The van der Waals surface area contributed by atoms with Crippen molar-refractivity contribution < 1.29 is 4.79 Å². The Kier molecular flexibility index (Phi) is 4.26. The molecular weight excluding hydrogens is 342 g/mol. The summed E-state index contributed by atoms with van der Waals surface area (Å²) in [6.45, 7) is 1.68. The summed E-state index contributed by atoms with van der Waals surface area (Å²) in [6.07, 6.45) is 8.73. The number of carbonyl (C=O) groups is 1. The van der Waals surface area contributed by atoms with Gasteiger partial charge in [0.1, 0.15) is 5.82 Å². The summed E-state index contributed by atoms with van der Waals surface area (Å²) in [5.41, 5.74) is 1.03. The minimum atomic E-state index is -0.124. The summed E-state index contributed by atoms with van der Waals surface area (Å²) in [6, 6.07) is 3.69. The van der Waals surface area contributed by atoms with Crippen LogP contribution in [0, 0.1) is 0 Å². The molecule has 27 heavy (non-hydrogen) atoms. The Morgan fingerprint density at radius 2 is 1.85 bits per heavy atom. The van der Waals surface area contributed by atoms with Gasteiger partial charge in [-0.2, -0.15) is 5.10 Å². The lowest BCUT2D eigenvalue weighted by Crippen LogP contribution is -2.42. The van der Waals surface area contributed by atoms with Crippen molar-refractivity contribution in [2.45, 2.75) is 69.9 Å². The Labute approximate surface area is 158 Å². The second kappa shape index (κ2) is 6.90. The lowest BCUT2D eigenvalue weighted by atomic mass is 10.0. The zero-order valence-electron chi connectivity index (χ0n) is 15.5. The number of hydrogen-bond acceptors (Lipinski definition) is 5. The van der Waals surface area contributed by atoms with Crippen molar-refractivity contribution in [3.05, 3.63) is 29.5 Å². The standard InChI is InChI=1S/C19H25N7O/c27-19(20-16-10-9-14(21-22-16)13-7-8-13)25-11-3-1-5-15(25)18-24-23-17-6-2-4-12-26(17)18/h9-10,13,15H,1-8,11-12H2,(H,20,22,27). The fourth-order valence-corrected chi connectivity index (χ4v) is 4.21. The maximum atomic E-state index is 13.0. The number of rotatable bonds is 3. The predicted molar refractivity (Wildman–Crippen MR) is 99.3 cm³/mol. The van der Waals surface area contributed by atoms with E-state index in [9.17, 15) is 4.79 Å². The first-order valence-corrected chi connectivity index (χ1v) is 10.1. The molecule has 1 unspecified atom stereocenters. The van der Waals surface area contributed by atoms with Gasteiger partial charge >= 0.3 is 6.03 Å². The highest BCUT2D eigenvalue weighted by Gasteiger charge is 2.33. The van der Waals surface area contributed by atoms with Gasteiger partial charge in [0.25, 0.3) is 0 Å². The fraction of sp³-hybridized carbons (Fsp3) is 0.632. The number of carbonyl (C=O) groups excluding carboxylic acids is 1. The molecule has 142 valence electrons. The summed E-state index contributed by atoms with van der Waals surface area (Å²) >= 11 is 0. The molecule has 1 atom stereocenters. The molecule has 0 aromatic carbocycles. The van der Waals surface area contributed by atoms with Crippen molar-refractivity contribution in [1.82, 2.24) is 29.9 Å². The van der Waals surface area contributed by atoms with Crippen LogP contribution in [0.25, 0.3) is 0 Å². The molecule has 2 fully saturated rings. The van der Waals surface area contributed by atoms with Gasteiger partial charge in [0.15, 0.2) is 11.6 Å². The number of nitrogens with one attached hydrogen (secondary N) is 1. The van der Waals surface area contributed by atoms with Gasteiger partial charge in [-0.25, -0.2) is 4.79 Å². The molecule has 3 aliphatic rings. The number of anilines is 1. The van der Waals surface area contributed by atoms with Crippen molar-refractivity contribution in [2.24, 2.45) is 0 Å². The van der Waals surface area contributed by atoms with Gasteiger partial charge in [-0.1, -0.05) is 0 Å². The Hall–Kier alpha value is -2.51. The predicted octanol–water partition coefficient (Wildman–Crippen LogP) is 3.04. The Morgan fingerprint density at radius 3 is 2.67 bits per heavy atom. The smallest absolute Gasteiger partial charge is 0.314 e. The van der Waals surface area contributed by atoms with Crippen LogP contribution >= 0.6 is 0 Å². The molecule has 2 amide bonds. The average molecular weight is 367 g/mol. The second-order valence-electron chi connectivity index (χ2n) is 7.84. The number of fused-ring (bicyclic) bond motifs is 1. The molecule has 1 N–H and O–H groups in total. The summed E-state index contributed by atoms with van der Waals surface area (Å²) in [4.78, 5) is 14.9. The topological polar surface area (TPSA) is 88.8 Å². The van der Waals surface area contributed by atoms with Gasteiger partial charge in [0.2, 0.25) is 0 Å². The van der Waals surface area contributed by atoms with Crippen LogP contribution in [-0.2, 0) is 13.0 Å². The van der Waals surface area contributed by atoms with E-state index >= 15 is 0 Å². The van der Waals surface area contributed by atoms with E-state index in [0.717, 1.165) is 62.5 Å². The quantitative estimate of drug-likeness (QED) is 0.901. The molecule has 8 heteroatoms. The molecule has 0 bridgehead atoms. The third kappa shape index (κ3) is 3.28. The van der Waals surface area contributed by atoms with Crippen LogP contribution < -0.4 is 5.32 Å². The highest BCUT2D eigenvalue weighted by molar-refractivity contribution is 5.88. The molecule has 4 heterocycles. The molecule has 1 aliphatic carbocycles. The number of piperidine rings is 1. The van der Waals surface area contributed by atoms with E-state index in [1.165, 1.54) is 19.3 Å². The second-order valence-corrected chi connectivity index (χ2v) is 7.84. The Morgan fingerprint density at radius 1 is 0.963 bits per heavy atom. The zero-order chi connectivity index (χ0) is 18.2. The maximum absolute atomic E-state index is 13.0. The number of aryl methyl sites for hydroxylation is 1. The van der Waals surface area contributed by atoms with E-state index in [0.29, 0.717) is 11.7 Å². The SMILES string of the molecule is O=C(Nc1ccc(C2CC2)nn1)N1CCCCC1c1nnc2n1CCCC2. The molecule has 2 aromatic heterocycles. The number of likely N-dealkylation sites (tertiary alicyclic amines) is 1. The number of amides is 2. The molecular formula is C19H25N7O. The van der Waals surface area contributed by atoms with Crippen LogP contribution in [0.15, 0.2) is 12.1 Å². The van der Waals surface area contributed by atoms with Gasteiger partial charge in [-0.05, 0) is 57.1 Å². The third-order valence-electron chi connectivity index (χ3n) is 5.87. The minimum absolute atomic E-state index is 0.0169. The van der Waals surface area contributed by atoms with E-state index in [-0.39, 0.29) is 12.1 Å². The summed E-state index contributed by atoms with van der Waals surface area (Å²) in [7, 11) is 0. The average Bonchev–Trinajstić information content (AvgIpc) is 3.47. The molecule has 1 saturated carbocycles. The third-order valence-corrected chi connectivity index (χ3v) is 5.87. The minimum Gasteiger partial charge on any atom is -0.314 e. The fourth-order valence-electron chi connectivity index (χ4n) is 4.21. The van der Waals surface area contributed by atoms with Crippen LogP contribution in [0.4, 0.5) is 10.6 Å². The largest absolute Gasteiger partial charge is 0.323 e. The normalized spacial score (nSPS) is 22.4. The van der Waals surface area contributed by atoms with Crippen LogP contribution in [0.5, 0.6) is 0 Å². The lowest BCUT2D eigenvalue weighted by molar-refractivity contribution is 0.156. The van der Waals surface area contributed by atoms with Crippen molar-refractivity contribution in [3.63, 3.8) is 0 Å². The molecule has 0 spiro atoms. The van der Waals surface area contributed by atoms with Crippen LogP contribution in [0.2, 0.25) is 0 Å². The van der Waals surface area contributed by atoms with E-state index in [1.54, 1.807) is 0 Å². The van der Waals surface area contributed by atoms with Crippen molar-refractivity contribution in [2.75, 3.05) is 11.9 Å². The summed E-state index contributed by atoms with van der Waals surface area (Å²) in [5.74, 6) is 3.07. The number of aromatic nitrogens is 5. The van der Waals surface area contributed by atoms with E-state index in [2.05, 4.69) is 30.3 Å². The van der Waals surface area contributed by atoms with Gasteiger partial charge in [0, 0.05) is 25.4 Å². The van der Waals surface area contributed by atoms with Crippen LogP contribution in [0.1, 0.15) is 74.2 Å². The van der Waals surface area contributed by atoms with Gasteiger partial charge in [-0.3, -0.25) is 5.32 Å². The monoisotopic (exact) mass is 367 g/mol. The van der Waals surface area contributed by atoms with Crippen molar-refractivity contribution in [3.8, 4) is 0 Å². The highest BCUT2D eigenvalue weighted by atomic mass is 16.2. The van der Waals surface area contributed by atoms with Crippen molar-refractivity contribution in [1.29, 1.82) is 0 Å². The number of nitrogens with zero attached hydrogens (tertiary/aromatic N) is 6. The molecule has 2 aliphatic heterocycles. The Balaban J connectivity index is 1.33. The summed E-state index contributed by atoms with van der Waals surface area (Å²) < 4.78 is 2.23. The Bertz CT molecular complexity index is 827. The first kappa shape index (κ1) is 16.6. The molecule has 1 saturated heterocycles. The van der Waals surface area contributed by atoms with Crippen LogP contribution in [0.3, 0.4) is 0 Å². The van der Waals surface area contributed by atoms with Gasteiger partial charge in [0.05, 0.1) is 11.7 Å². The molecule has 5 rings (SSSR count). The first-order valence-electron chi connectivity index (χ1n) is 10.1. The lowest BCUT2D eigenvalue weighted by Gasteiger charge is -2.35. The summed E-state index contributed by atoms with van der Waals surface area (Å²) in [5, 5.41) is 20.2. The van der Waals surface area contributed by atoms with E-state index in [1.807, 2.05) is 17.0 Å². The highest BCUT2D eigenvalue weighted by Crippen LogP contribution is 2.38. The molecule has 8 nitrogen and oxygen atoms in total. The number of hydrogen-bond donors (Lipinski definition) is 1.